The average molecular weight is 340 g/mol. The molecule has 1 aromatic rings. The summed E-state index contributed by atoms with van der Waals surface area (Å²) in [5, 5.41) is 4.49. The highest BCUT2D eigenvalue weighted by atomic mass is 35.5. The Kier molecular flexibility index (Phi) is 7.38. The van der Waals surface area contributed by atoms with E-state index in [2.05, 4.69) is 0 Å². The lowest BCUT2D eigenvalue weighted by molar-refractivity contribution is 0.0752. The van der Waals surface area contributed by atoms with Gasteiger partial charge in [-0.05, 0) is 24.5 Å². The van der Waals surface area contributed by atoms with E-state index in [1.165, 1.54) is 11.0 Å². The van der Waals surface area contributed by atoms with Crippen LogP contribution in [0.3, 0.4) is 0 Å². The number of nitrogens with two attached hydrogens (primary N) is 2. The summed E-state index contributed by atoms with van der Waals surface area (Å²) in [4.78, 5) is 13.5. The summed E-state index contributed by atoms with van der Waals surface area (Å²) in [7, 11) is -2.33. The van der Waals surface area contributed by atoms with E-state index in [1.807, 2.05) is 13.8 Å². The number of carbonyl (C=O) groups excluding carboxylic acids is 1. The SMILES string of the molecule is CC(C)C(N)CCN(C)C(=O)c1ccc(S(N)(=O)=O)o1.Cl. The van der Waals surface area contributed by atoms with E-state index >= 15 is 0 Å². The standard InChI is InChI=1S/C12H21N3O4S.ClH/c1-8(2)9(13)6-7-15(3)12(16)10-4-5-11(19-10)20(14,17)18;/h4-5,8-9H,6-7,13H2,1-3H3,(H2,14,17,18);1H. The van der Waals surface area contributed by atoms with Crippen molar-refractivity contribution >= 4 is 28.3 Å². The maximum Gasteiger partial charge on any atom is 0.289 e. The van der Waals surface area contributed by atoms with Crippen LogP contribution in [-0.4, -0.2) is 38.9 Å². The number of primary sulfonamides is 1. The van der Waals surface area contributed by atoms with Crippen LogP contribution in [0.5, 0.6) is 0 Å². The normalized spacial score (nSPS) is 12.9. The molecular formula is C12H22ClN3O4S. The van der Waals surface area contributed by atoms with Gasteiger partial charge in [0.05, 0.1) is 0 Å². The first-order valence-electron chi connectivity index (χ1n) is 6.26. The Morgan fingerprint density at radius 3 is 2.38 bits per heavy atom. The average Bonchev–Trinajstić information content (AvgIpc) is 2.83. The number of furan rings is 1. The van der Waals surface area contributed by atoms with Crippen LogP contribution in [0.4, 0.5) is 0 Å². The third-order valence-electron chi connectivity index (χ3n) is 3.07. The fourth-order valence-electron chi connectivity index (χ4n) is 1.55. The van der Waals surface area contributed by atoms with E-state index in [0.717, 1.165) is 6.07 Å². The van der Waals surface area contributed by atoms with E-state index in [-0.39, 0.29) is 24.2 Å². The van der Waals surface area contributed by atoms with Gasteiger partial charge >= 0.3 is 0 Å². The zero-order chi connectivity index (χ0) is 15.5. The Bertz CT molecular complexity index is 571. The maximum atomic E-state index is 12.0. The first-order chi connectivity index (χ1) is 9.12. The van der Waals surface area contributed by atoms with Crippen LogP contribution in [0.1, 0.15) is 30.8 Å². The Labute approximate surface area is 131 Å². The molecule has 0 aliphatic carbocycles. The van der Waals surface area contributed by atoms with Crippen molar-refractivity contribution < 1.29 is 17.6 Å². The topological polar surface area (TPSA) is 120 Å². The molecule has 0 saturated heterocycles. The molecule has 7 nitrogen and oxygen atoms in total. The molecular weight excluding hydrogens is 318 g/mol. The lowest BCUT2D eigenvalue weighted by Gasteiger charge is -2.20. The molecule has 1 unspecified atom stereocenters. The van der Waals surface area contributed by atoms with Gasteiger partial charge in [-0.25, -0.2) is 13.6 Å². The number of hydrogen-bond donors (Lipinski definition) is 2. The largest absolute Gasteiger partial charge is 0.438 e. The van der Waals surface area contributed by atoms with Crippen LogP contribution in [0.25, 0.3) is 0 Å². The predicted octanol–water partition coefficient (Wildman–Crippen LogP) is 0.794. The van der Waals surface area contributed by atoms with Crippen LogP contribution >= 0.6 is 12.4 Å². The molecule has 0 spiro atoms. The maximum absolute atomic E-state index is 12.0. The van der Waals surface area contributed by atoms with Gasteiger partial charge in [0.1, 0.15) is 0 Å². The van der Waals surface area contributed by atoms with Gasteiger partial charge in [0.15, 0.2) is 5.76 Å². The van der Waals surface area contributed by atoms with Gasteiger partial charge in [0.2, 0.25) is 5.09 Å². The molecule has 0 fully saturated rings. The lowest BCUT2D eigenvalue weighted by atomic mass is 10.0. The third kappa shape index (κ3) is 5.66. The second-order valence-electron chi connectivity index (χ2n) is 5.09. The van der Waals surface area contributed by atoms with Crippen molar-refractivity contribution in [3.05, 3.63) is 17.9 Å². The van der Waals surface area contributed by atoms with Crippen LogP contribution < -0.4 is 10.9 Å². The molecule has 0 aromatic carbocycles. The minimum Gasteiger partial charge on any atom is -0.438 e. The van der Waals surface area contributed by atoms with Crippen molar-refractivity contribution in [1.82, 2.24) is 4.90 Å². The molecule has 0 aliphatic rings. The van der Waals surface area contributed by atoms with E-state index in [1.54, 1.807) is 7.05 Å². The highest BCUT2D eigenvalue weighted by Gasteiger charge is 2.20. The zero-order valence-corrected chi connectivity index (χ0v) is 13.9. The molecule has 0 bridgehead atoms. The zero-order valence-electron chi connectivity index (χ0n) is 12.3. The summed E-state index contributed by atoms with van der Waals surface area (Å²) in [5.74, 6) is -0.137. The van der Waals surface area contributed by atoms with Crippen molar-refractivity contribution in [3.63, 3.8) is 0 Å². The molecule has 0 saturated carbocycles. The minimum atomic E-state index is -3.94. The molecule has 1 aromatic heterocycles. The quantitative estimate of drug-likeness (QED) is 0.794. The first kappa shape index (κ1) is 19.9. The van der Waals surface area contributed by atoms with Crippen LogP contribution in [0, 0.1) is 5.92 Å². The van der Waals surface area contributed by atoms with E-state index in [0.29, 0.717) is 18.9 Å². The van der Waals surface area contributed by atoms with Gasteiger partial charge in [0, 0.05) is 19.6 Å². The summed E-state index contributed by atoms with van der Waals surface area (Å²) >= 11 is 0. The fraction of sp³-hybridized carbons (Fsp3) is 0.583. The van der Waals surface area contributed by atoms with Crippen molar-refractivity contribution in [2.24, 2.45) is 16.8 Å². The molecule has 0 aliphatic heterocycles. The van der Waals surface area contributed by atoms with Gasteiger partial charge in [0.25, 0.3) is 15.9 Å². The molecule has 122 valence electrons. The number of halogens is 1. The fourth-order valence-corrected chi connectivity index (χ4v) is 2.02. The Morgan fingerprint density at radius 1 is 1.38 bits per heavy atom. The Morgan fingerprint density at radius 2 is 1.95 bits per heavy atom. The van der Waals surface area contributed by atoms with Gasteiger partial charge in [-0.3, -0.25) is 4.79 Å². The third-order valence-corrected chi connectivity index (χ3v) is 3.85. The van der Waals surface area contributed by atoms with Crippen molar-refractivity contribution in [2.45, 2.75) is 31.4 Å². The summed E-state index contributed by atoms with van der Waals surface area (Å²) in [6.45, 7) is 4.48. The van der Waals surface area contributed by atoms with Crippen molar-refractivity contribution in [1.29, 1.82) is 0 Å². The van der Waals surface area contributed by atoms with E-state index in [4.69, 9.17) is 15.3 Å². The Hall–Kier alpha value is -1.09. The number of nitrogens with zero attached hydrogens (tertiary/aromatic N) is 1. The smallest absolute Gasteiger partial charge is 0.289 e. The highest BCUT2D eigenvalue weighted by molar-refractivity contribution is 7.89. The highest BCUT2D eigenvalue weighted by Crippen LogP contribution is 2.14. The number of amides is 1. The molecule has 1 rings (SSSR count). The lowest BCUT2D eigenvalue weighted by Crippen LogP contribution is -2.34. The molecule has 1 amide bonds. The molecule has 4 N–H and O–H groups in total. The number of carbonyl (C=O) groups is 1. The molecule has 1 heterocycles. The first-order valence-corrected chi connectivity index (χ1v) is 7.81. The van der Waals surface area contributed by atoms with Crippen LogP contribution in [0.2, 0.25) is 0 Å². The second-order valence-corrected chi connectivity index (χ2v) is 6.58. The van der Waals surface area contributed by atoms with Gasteiger partial charge in [-0.2, -0.15) is 0 Å². The van der Waals surface area contributed by atoms with Crippen molar-refractivity contribution in [2.75, 3.05) is 13.6 Å². The summed E-state index contributed by atoms with van der Waals surface area (Å²) in [6, 6.07) is 2.46. The van der Waals surface area contributed by atoms with Gasteiger partial charge in [-0.1, -0.05) is 13.8 Å². The van der Waals surface area contributed by atoms with E-state index < -0.39 is 21.0 Å². The number of sulfonamides is 1. The molecule has 1 atom stereocenters. The van der Waals surface area contributed by atoms with Crippen LogP contribution in [0.15, 0.2) is 21.6 Å². The number of hydrogen-bond acceptors (Lipinski definition) is 5. The summed E-state index contributed by atoms with van der Waals surface area (Å²) in [5.41, 5.74) is 5.91. The van der Waals surface area contributed by atoms with Crippen molar-refractivity contribution in [3.8, 4) is 0 Å². The van der Waals surface area contributed by atoms with E-state index in [9.17, 15) is 13.2 Å². The minimum absolute atomic E-state index is 0. The molecule has 0 radical (unpaired) electrons. The van der Waals surface area contributed by atoms with Gasteiger partial charge < -0.3 is 15.1 Å². The summed E-state index contributed by atoms with van der Waals surface area (Å²) < 4.78 is 27.1. The van der Waals surface area contributed by atoms with Crippen LogP contribution in [-0.2, 0) is 10.0 Å². The van der Waals surface area contributed by atoms with Gasteiger partial charge in [-0.15, -0.1) is 12.4 Å². The summed E-state index contributed by atoms with van der Waals surface area (Å²) in [6.07, 6.45) is 0.655. The monoisotopic (exact) mass is 339 g/mol. The second kappa shape index (κ2) is 7.79. The Balaban J connectivity index is 0.00000400. The predicted molar refractivity (Wildman–Crippen MR) is 81.7 cm³/mol. The molecule has 21 heavy (non-hydrogen) atoms. The molecule has 9 heteroatoms. The number of rotatable bonds is 6.